The molecule has 1 aliphatic carbocycles. The van der Waals surface area contributed by atoms with Gasteiger partial charge in [-0.2, -0.15) is 10.5 Å². The average molecular weight is 699 g/mol. The molecule has 8 nitrogen and oxygen atoms in total. The lowest BCUT2D eigenvalue weighted by molar-refractivity contribution is 0.810. The highest BCUT2D eigenvalue weighted by atomic mass is 32.1. The van der Waals surface area contributed by atoms with E-state index in [-0.39, 0.29) is 5.92 Å². The number of fused-ring (bicyclic) bond motifs is 3. The summed E-state index contributed by atoms with van der Waals surface area (Å²) >= 11 is 1.71. The lowest BCUT2D eigenvalue weighted by Crippen LogP contribution is -2.24. The number of hydrogen-bond acceptors (Lipinski definition) is 9. The zero-order valence-corrected chi connectivity index (χ0v) is 28.9. The van der Waals surface area contributed by atoms with Gasteiger partial charge in [0.2, 0.25) is 0 Å². The van der Waals surface area contributed by atoms with Crippen LogP contribution in [0, 0.1) is 22.7 Å². The van der Waals surface area contributed by atoms with Crippen molar-refractivity contribution in [2.45, 2.75) is 12.3 Å². The van der Waals surface area contributed by atoms with Crippen molar-refractivity contribution in [2.24, 2.45) is 0 Å². The minimum atomic E-state index is -0.0592. The van der Waals surface area contributed by atoms with Gasteiger partial charge in [0.05, 0.1) is 23.3 Å². The van der Waals surface area contributed by atoms with Crippen LogP contribution in [0.5, 0.6) is 0 Å². The van der Waals surface area contributed by atoms with Gasteiger partial charge in [0, 0.05) is 48.4 Å². The summed E-state index contributed by atoms with van der Waals surface area (Å²) in [6, 6.07) is 45.1. The highest BCUT2D eigenvalue weighted by molar-refractivity contribution is 7.17. The van der Waals surface area contributed by atoms with E-state index in [4.69, 9.17) is 29.9 Å². The zero-order chi connectivity index (χ0) is 35.7. The average Bonchev–Trinajstić information content (AvgIpc) is 3.62. The third-order valence-electron chi connectivity index (χ3n) is 9.15. The second kappa shape index (κ2) is 13.5. The molecule has 3 heterocycles. The highest BCUT2D eigenvalue weighted by Crippen LogP contribution is 2.33. The molecule has 0 fully saturated rings. The van der Waals surface area contributed by atoms with Crippen molar-refractivity contribution in [3.8, 4) is 69.1 Å². The van der Waals surface area contributed by atoms with Gasteiger partial charge in [-0.15, -0.1) is 11.3 Å². The normalized spacial score (nSPS) is 13.3. The Morgan fingerprint density at radius 2 is 1.09 bits per heavy atom. The Morgan fingerprint density at radius 1 is 0.528 bits per heavy atom. The molecule has 0 radical (unpaired) electrons. The number of hydrogen-bond donors (Lipinski definition) is 0. The van der Waals surface area contributed by atoms with E-state index in [1.165, 1.54) is 4.53 Å². The van der Waals surface area contributed by atoms with Gasteiger partial charge in [-0.25, -0.2) is 29.9 Å². The number of benzene rings is 5. The van der Waals surface area contributed by atoms with Crippen molar-refractivity contribution < 1.29 is 0 Å². The molecule has 0 bridgehead atoms. The monoisotopic (exact) mass is 698 g/mol. The fraction of sp³-hybridized carbons (Fsp3) is 0.0455. The molecule has 1 aliphatic rings. The molecule has 1 atom stereocenters. The summed E-state index contributed by atoms with van der Waals surface area (Å²) in [4.78, 5) is 29.7. The molecule has 8 aromatic rings. The van der Waals surface area contributed by atoms with Crippen LogP contribution in [0.2, 0.25) is 0 Å². The molecule has 248 valence electrons. The van der Waals surface area contributed by atoms with Gasteiger partial charge in [0.25, 0.3) is 0 Å². The minimum absolute atomic E-state index is 0.0592. The summed E-state index contributed by atoms with van der Waals surface area (Å²) in [5.41, 5.74) is 5.30. The van der Waals surface area contributed by atoms with E-state index in [1.807, 2.05) is 97.1 Å². The molecule has 9 heteroatoms. The number of rotatable bonds is 6. The van der Waals surface area contributed by atoms with Crippen molar-refractivity contribution in [2.75, 3.05) is 0 Å². The molecule has 0 spiro atoms. The van der Waals surface area contributed by atoms with Crippen LogP contribution < -0.4 is 9.75 Å². The summed E-state index contributed by atoms with van der Waals surface area (Å²) in [6.07, 6.45) is 5.30. The maximum absolute atomic E-state index is 9.60. The molecule has 1 unspecified atom stereocenters. The molecular formula is C44H26N8S. The number of nitriles is 2. The van der Waals surface area contributed by atoms with Crippen LogP contribution in [-0.2, 0) is 0 Å². The van der Waals surface area contributed by atoms with Gasteiger partial charge in [-0.1, -0.05) is 97.1 Å². The van der Waals surface area contributed by atoms with Crippen LogP contribution in [0.1, 0.15) is 29.3 Å². The van der Waals surface area contributed by atoms with Crippen LogP contribution >= 0.6 is 11.3 Å². The predicted molar refractivity (Wildman–Crippen MR) is 207 cm³/mol. The number of aromatic nitrogens is 6. The molecule has 9 rings (SSSR count). The van der Waals surface area contributed by atoms with Gasteiger partial charge in [0.1, 0.15) is 5.82 Å². The Kier molecular flexibility index (Phi) is 8.09. The lowest BCUT2D eigenvalue weighted by atomic mass is 9.97. The predicted octanol–water partition coefficient (Wildman–Crippen LogP) is 8.10. The van der Waals surface area contributed by atoms with E-state index < -0.39 is 0 Å². The molecule has 0 saturated carbocycles. The zero-order valence-electron chi connectivity index (χ0n) is 28.0. The van der Waals surface area contributed by atoms with Crippen molar-refractivity contribution in [1.29, 1.82) is 10.5 Å². The van der Waals surface area contributed by atoms with Crippen molar-refractivity contribution in [3.05, 3.63) is 154 Å². The van der Waals surface area contributed by atoms with E-state index >= 15 is 0 Å². The molecular weight excluding hydrogens is 673 g/mol. The molecule has 0 saturated heterocycles. The molecule has 0 amide bonds. The lowest BCUT2D eigenvalue weighted by Gasteiger charge is -2.14. The number of nitrogens with zero attached hydrogens (tertiary/aromatic N) is 8. The second-order valence-corrected chi connectivity index (χ2v) is 13.6. The van der Waals surface area contributed by atoms with Crippen molar-refractivity contribution in [3.63, 3.8) is 0 Å². The van der Waals surface area contributed by atoms with Crippen LogP contribution in [0.15, 0.2) is 127 Å². The van der Waals surface area contributed by atoms with E-state index in [2.05, 4.69) is 30.4 Å². The fourth-order valence-corrected chi connectivity index (χ4v) is 7.75. The fourth-order valence-electron chi connectivity index (χ4n) is 6.51. The first-order valence-electron chi connectivity index (χ1n) is 17.0. The van der Waals surface area contributed by atoms with Gasteiger partial charge in [0.15, 0.2) is 29.1 Å². The van der Waals surface area contributed by atoms with E-state index in [9.17, 15) is 10.5 Å². The molecule has 0 aliphatic heterocycles. The van der Waals surface area contributed by atoms with E-state index in [1.54, 1.807) is 35.6 Å². The first-order valence-corrected chi connectivity index (χ1v) is 17.8. The summed E-state index contributed by atoms with van der Waals surface area (Å²) < 4.78 is 2.23. The minimum Gasteiger partial charge on any atom is -0.212 e. The maximum atomic E-state index is 9.60. The third kappa shape index (κ3) is 6.12. The largest absolute Gasteiger partial charge is 0.212 e. The molecule has 3 aromatic heterocycles. The van der Waals surface area contributed by atoms with Gasteiger partial charge < -0.3 is 0 Å². The Hall–Kier alpha value is -7.20. The van der Waals surface area contributed by atoms with E-state index in [0.29, 0.717) is 45.8 Å². The van der Waals surface area contributed by atoms with Crippen molar-refractivity contribution >= 4 is 33.6 Å². The van der Waals surface area contributed by atoms with Gasteiger partial charge in [-0.3, -0.25) is 0 Å². The smallest absolute Gasteiger partial charge is 0.165 e. The third-order valence-corrected chi connectivity index (χ3v) is 10.4. The first kappa shape index (κ1) is 31.8. The summed E-state index contributed by atoms with van der Waals surface area (Å²) in [7, 11) is 0. The molecule has 0 N–H and O–H groups in total. The Morgan fingerprint density at radius 3 is 1.75 bits per heavy atom. The van der Waals surface area contributed by atoms with Crippen LogP contribution in [-0.4, -0.2) is 29.9 Å². The van der Waals surface area contributed by atoms with E-state index in [0.717, 1.165) is 49.8 Å². The Balaban J connectivity index is 1.18. The maximum Gasteiger partial charge on any atom is 0.165 e. The molecule has 53 heavy (non-hydrogen) atoms. The second-order valence-electron chi connectivity index (χ2n) is 12.5. The van der Waals surface area contributed by atoms with Crippen LogP contribution in [0.25, 0.3) is 79.2 Å². The van der Waals surface area contributed by atoms with Gasteiger partial charge in [-0.05, 0) is 54.1 Å². The van der Waals surface area contributed by atoms with Gasteiger partial charge >= 0.3 is 0 Å². The first-order chi connectivity index (χ1) is 26.1. The summed E-state index contributed by atoms with van der Waals surface area (Å²) in [5, 5.41) is 21.2. The summed E-state index contributed by atoms with van der Waals surface area (Å²) in [5.74, 6) is 3.42. The number of thiophene rings is 1. The van der Waals surface area contributed by atoms with Crippen LogP contribution in [0.3, 0.4) is 0 Å². The quantitative estimate of drug-likeness (QED) is 0.171. The highest BCUT2D eigenvalue weighted by Gasteiger charge is 2.21. The topological polar surface area (TPSA) is 125 Å². The van der Waals surface area contributed by atoms with Crippen molar-refractivity contribution in [1.82, 2.24) is 29.9 Å². The molecule has 5 aromatic carbocycles. The SMILES string of the molecule is N#Cc1ccc(-c2nc(-c3cccc(C#N)c3)nc(-c3cccc4c5c(sc34)=CCC(c3nc(-c4ccccc4)nc(-c4ccccc4)n3)C=5)n2)cc1. The Labute approximate surface area is 308 Å². The summed E-state index contributed by atoms with van der Waals surface area (Å²) in [6.45, 7) is 0. The standard InChI is InChI=1S/C44H26N8S/c45-25-27-17-19-31(20-18-27)41-50-42(32-14-7-9-28(23-32)26-46)52-44(51-41)35-16-8-15-34-36-24-33(21-22-37(36)53-38(34)35)43-48-39(29-10-3-1-4-11-29)47-40(49-43)30-12-5-2-6-13-30/h1-20,22-24,33H,21H2. The Bertz CT molecular complexity index is 2830. The van der Waals surface area contributed by atoms with Crippen LogP contribution in [0.4, 0.5) is 0 Å².